The van der Waals surface area contributed by atoms with E-state index in [1.807, 2.05) is 31.2 Å². The number of ketones is 1. The van der Waals surface area contributed by atoms with Gasteiger partial charge in [0.15, 0.2) is 5.78 Å². The highest BCUT2D eigenvalue weighted by Crippen LogP contribution is 2.36. The first-order chi connectivity index (χ1) is 7.66. The number of carbonyl (C=O) groups is 1. The Morgan fingerprint density at radius 1 is 1.19 bits per heavy atom. The van der Waals surface area contributed by atoms with Crippen LogP contribution in [0.2, 0.25) is 5.02 Å². The summed E-state index contributed by atoms with van der Waals surface area (Å²) in [6.07, 6.45) is 2.70. The zero-order chi connectivity index (χ0) is 11.5. The molecule has 0 aromatic heterocycles. The van der Waals surface area contributed by atoms with E-state index in [1.165, 1.54) is 4.91 Å². The Bertz CT molecular complexity index is 434. The predicted octanol–water partition coefficient (Wildman–Crippen LogP) is 4.46. The maximum atomic E-state index is 11.6. The molecule has 1 nitrogen and oxygen atoms in total. The van der Waals surface area contributed by atoms with Crippen LogP contribution in [0, 0.1) is 0 Å². The molecular formula is C13H13ClOS. The first kappa shape index (κ1) is 11.7. The van der Waals surface area contributed by atoms with Gasteiger partial charge in [-0.25, -0.2) is 0 Å². The van der Waals surface area contributed by atoms with Crippen LogP contribution in [0.25, 0.3) is 0 Å². The Morgan fingerprint density at radius 3 is 2.56 bits per heavy atom. The molecule has 0 radical (unpaired) electrons. The zero-order valence-electron chi connectivity index (χ0n) is 9.13. The number of carbonyl (C=O) groups excluding carboxylic acids is 1. The molecule has 1 aliphatic rings. The summed E-state index contributed by atoms with van der Waals surface area (Å²) in [6, 6.07) is 7.74. The van der Waals surface area contributed by atoms with Crippen molar-refractivity contribution >= 4 is 29.1 Å². The highest BCUT2D eigenvalue weighted by molar-refractivity contribution is 8.03. The summed E-state index contributed by atoms with van der Waals surface area (Å²) in [5.41, 5.74) is 0.936. The van der Waals surface area contributed by atoms with Crippen LogP contribution < -0.4 is 0 Å². The third-order valence-corrected chi connectivity index (χ3v) is 4.22. The molecule has 3 heteroatoms. The van der Waals surface area contributed by atoms with Crippen LogP contribution in [0.1, 0.15) is 26.2 Å². The summed E-state index contributed by atoms with van der Waals surface area (Å²) in [5.74, 6) is 0.294. The Balaban J connectivity index is 2.18. The highest BCUT2D eigenvalue weighted by Gasteiger charge is 2.17. The van der Waals surface area contributed by atoms with Gasteiger partial charge in [-0.15, -0.1) is 0 Å². The van der Waals surface area contributed by atoms with E-state index in [2.05, 4.69) is 0 Å². The van der Waals surface area contributed by atoms with E-state index < -0.39 is 0 Å². The summed E-state index contributed by atoms with van der Waals surface area (Å²) < 4.78 is 0. The number of allylic oxidation sites excluding steroid dienone is 2. The molecular weight excluding hydrogens is 240 g/mol. The van der Waals surface area contributed by atoms with Gasteiger partial charge in [-0.1, -0.05) is 23.4 Å². The first-order valence-corrected chi connectivity index (χ1v) is 6.52. The molecule has 1 aromatic carbocycles. The van der Waals surface area contributed by atoms with Crippen molar-refractivity contribution in [2.75, 3.05) is 0 Å². The van der Waals surface area contributed by atoms with E-state index >= 15 is 0 Å². The highest BCUT2D eigenvalue weighted by atomic mass is 35.5. The van der Waals surface area contributed by atoms with Crippen LogP contribution in [0.3, 0.4) is 0 Å². The molecule has 0 N–H and O–H groups in total. The van der Waals surface area contributed by atoms with Crippen molar-refractivity contribution in [3.8, 4) is 0 Å². The Hall–Kier alpha value is -0.730. The van der Waals surface area contributed by atoms with Crippen molar-refractivity contribution in [3.05, 3.63) is 39.8 Å². The maximum Gasteiger partial charge on any atom is 0.159 e. The fourth-order valence-electron chi connectivity index (χ4n) is 1.71. The average Bonchev–Trinajstić information content (AvgIpc) is 2.28. The van der Waals surface area contributed by atoms with Gasteiger partial charge in [0.1, 0.15) is 0 Å². The molecule has 2 rings (SSSR count). The Labute approximate surface area is 105 Å². The monoisotopic (exact) mass is 252 g/mol. The molecule has 0 atom stereocenters. The quantitative estimate of drug-likeness (QED) is 0.773. The molecule has 1 aromatic rings. The molecule has 0 amide bonds. The maximum absolute atomic E-state index is 11.6. The molecule has 0 saturated carbocycles. The van der Waals surface area contributed by atoms with Crippen molar-refractivity contribution < 1.29 is 4.79 Å². The molecule has 84 valence electrons. The fourth-order valence-corrected chi connectivity index (χ4v) is 2.91. The van der Waals surface area contributed by atoms with Crippen molar-refractivity contribution in [1.29, 1.82) is 0 Å². The van der Waals surface area contributed by atoms with Gasteiger partial charge in [0, 0.05) is 21.9 Å². The summed E-state index contributed by atoms with van der Waals surface area (Å²) in [5, 5.41) is 0.745. The molecule has 0 fully saturated rings. The van der Waals surface area contributed by atoms with Crippen molar-refractivity contribution in [1.82, 2.24) is 0 Å². The molecule has 0 saturated heterocycles. The average molecular weight is 253 g/mol. The van der Waals surface area contributed by atoms with E-state index in [0.29, 0.717) is 12.2 Å². The number of rotatable bonds is 2. The van der Waals surface area contributed by atoms with E-state index in [1.54, 1.807) is 11.8 Å². The summed E-state index contributed by atoms with van der Waals surface area (Å²) >= 11 is 7.52. The predicted molar refractivity (Wildman–Crippen MR) is 68.9 cm³/mol. The summed E-state index contributed by atoms with van der Waals surface area (Å²) in [4.78, 5) is 13.9. The van der Waals surface area contributed by atoms with E-state index in [-0.39, 0.29) is 0 Å². The Morgan fingerprint density at radius 2 is 1.88 bits per heavy atom. The number of halogens is 1. The smallest absolute Gasteiger partial charge is 0.159 e. The number of hydrogen-bond donors (Lipinski definition) is 0. The van der Waals surface area contributed by atoms with Gasteiger partial charge in [0.25, 0.3) is 0 Å². The van der Waals surface area contributed by atoms with Gasteiger partial charge in [-0.2, -0.15) is 0 Å². The number of hydrogen-bond acceptors (Lipinski definition) is 2. The lowest BCUT2D eigenvalue weighted by molar-refractivity contribution is -0.115. The molecule has 16 heavy (non-hydrogen) atoms. The van der Waals surface area contributed by atoms with Crippen LogP contribution in [0.5, 0.6) is 0 Å². The van der Waals surface area contributed by atoms with Gasteiger partial charge >= 0.3 is 0 Å². The topological polar surface area (TPSA) is 17.1 Å². The third kappa shape index (κ3) is 2.69. The minimum atomic E-state index is 0.294. The van der Waals surface area contributed by atoms with Gasteiger partial charge in [-0.05, 0) is 48.9 Å². The van der Waals surface area contributed by atoms with Crippen molar-refractivity contribution in [2.45, 2.75) is 31.1 Å². The van der Waals surface area contributed by atoms with Crippen LogP contribution in [0.4, 0.5) is 0 Å². The molecule has 1 aliphatic carbocycles. The SMILES string of the molecule is CC1=C(Sc2ccc(Cl)cc2)CCCC1=O. The Kier molecular flexibility index (Phi) is 3.72. The van der Waals surface area contributed by atoms with E-state index in [9.17, 15) is 4.79 Å². The lowest BCUT2D eigenvalue weighted by atomic mass is 9.99. The minimum Gasteiger partial charge on any atom is -0.295 e. The molecule has 0 aliphatic heterocycles. The van der Waals surface area contributed by atoms with E-state index in [0.717, 1.165) is 28.3 Å². The van der Waals surface area contributed by atoms with Gasteiger partial charge < -0.3 is 0 Å². The normalized spacial score (nSPS) is 16.8. The second-order valence-electron chi connectivity index (χ2n) is 3.88. The first-order valence-electron chi connectivity index (χ1n) is 5.33. The van der Waals surface area contributed by atoms with Crippen molar-refractivity contribution in [2.24, 2.45) is 0 Å². The lowest BCUT2D eigenvalue weighted by Crippen LogP contribution is -2.07. The van der Waals surface area contributed by atoms with E-state index in [4.69, 9.17) is 11.6 Å². The second kappa shape index (κ2) is 5.07. The minimum absolute atomic E-state index is 0.294. The zero-order valence-corrected chi connectivity index (χ0v) is 10.7. The van der Waals surface area contributed by atoms with Gasteiger partial charge in [0.2, 0.25) is 0 Å². The molecule has 0 heterocycles. The molecule has 0 bridgehead atoms. The van der Waals surface area contributed by atoms with Gasteiger partial charge in [-0.3, -0.25) is 4.79 Å². The molecule has 0 unspecified atom stereocenters. The van der Waals surface area contributed by atoms with Gasteiger partial charge in [0.05, 0.1) is 0 Å². The standard InChI is InChI=1S/C13H13ClOS/c1-9-12(15)3-2-4-13(9)16-11-7-5-10(14)6-8-11/h5-8H,2-4H2,1H3. The lowest BCUT2D eigenvalue weighted by Gasteiger charge is -2.16. The number of thioether (sulfide) groups is 1. The van der Waals surface area contributed by atoms with Crippen LogP contribution in [-0.4, -0.2) is 5.78 Å². The number of benzene rings is 1. The van der Waals surface area contributed by atoms with Crippen LogP contribution >= 0.6 is 23.4 Å². The van der Waals surface area contributed by atoms with Crippen molar-refractivity contribution in [3.63, 3.8) is 0 Å². The summed E-state index contributed by atoms with van der Waals surface area (Å²) in [7, 11) is 0. The number of Topliss-reactive ketones (excluding diaryl/α,β-unsaturated/α-hetero) is 1. The molecule has 0 spiro atoms. The summed E-state index contributed by atoms with van der Waals surface area (Å²) in [6.45, 7) is 1.93. The van der Waals surface area contributed by atoms with Crippen LogP contribution in [-0.2, 0) is 4.79 Å². The van der Waals surface area contributed by atoms with Crippen LogP contribution in [0.15, 0.2) is 39.6 Å². The fraction of sp³-hybridized carbons (Fsp3) is 0.308. The largest absolute Gasteiger partial charge is 0.295 e. The second-order valence-corrected chi connectivity index (χ2v) is 5.49. The third-order valence-electron chi connectivity index (χ3n) is 2.70.